The van der Waals surface area contributed by atoms with E-state index in [0.717, 1.165) is 31.6 Å². The van der Waals surface area contributed by atoms with Crippen molar-refractivity contribution in [3.8, 4) is 0 Å². The average Bonchev–Trinajstić information content (AvgIpc) is 3.24. The Balaban J connectivity index is 1.43. The maximum absolute atomic E-state index is 14.2. The average molecular weight is 573 g/mol. The minimum absolute atomic E-state index is 0.0227. The summed E-state index contributed by atoms with van der Waals surface area (Å²) in [5, 5.41) is 21.5. The summed E-state index contributed by atoms with van der Waals surface area (Å²) in [7, 11) is -3.60. The Bertz CT molecular complexity index is 1150. The minimum Gasteiger partial charge on any atom is -0.393 e. The molecule has 0 bridgehead atoms. The number of aliphatic hydroxyl groups excluding tert-OH is 1. The smallest absolute Gasteiger partial charge is 0.181 e. The van der Waals surface area contributed by atoms with Crippen LogP contribution in [0.4, 0.5) is 0 Å². The lowest BCUT2D eigenvalue weighted by atomic mass is 9.43. The van der Waals surface area contributed by atoms with E-state index < -0.39 is 26.8 Å². The predicted octanol–water partition coefficient (Wildman–Crippen LogP) is 7.67. The molecule has 0 radical (unpaired) electrons. The van der Waals surface area contributed by atoms with Gasteiger partial charge in [-0.1, -0.05) is 59.7 Å². The van der Waals surface area contributed by atoms with E-state index in [1.54, 1.807) is 12.1 Å². The summed E-state index contributed by atoms with van der Waals surface area (Å²) in [6, 6.07) is 8.94. The maximum Gasteiger partial charge on any atom is 0.181 e. The second kappa shape index (κ2) is 10.4. The molecule has 1 aromatic rings. The van der Waals surface area contributed by atoms with E-state index >= 15 is 0 Å². The topological polar surface area (TPSA) is 74.6 Å². The van der Waals surface area contributed by atoms with Gasteiger partial charge in [0.2, 0.25) is 0 Å². The Labute approximate surface area is 244 Å². The standard InChI is InChI=1S/C35H56O4S/c1-23(30(21-31(36)32(2,3)4)40(38,39)25-11-9-8-10-12-25)27-15-16-28-26-14-13-24-22-33(5,37)19-20-34(24,6)29(26)17-18-35(27,28)7/h8-12,23-24,26-31,36-37H,13-22H2,1-7H3/t23-,24-,26-,27+,28-,29-,30?,31-,33-,34-,35+/m0/s1. The van der Waals surface area contributed by atoms with Gasteiger partial charge in [0.15, 0.2) is 9.84 Å². The molecular weight excluding hydrogens is 516 g/mol. The minimum atomic E-state index is -3.60. The van der Waals surface area contributed by atoms with Gasteiger partial charge in [-0.15, -0.1) is 0 Å². The van der Waals surface area contributed by atoms with E-state index in [2.05, 4.69) is 20.8 Å². The van der Waals surface area contributed by atoms with Crippen LogP contribution in [-0.2, 0) is 9.84 Å². The summed E-state index contributed by atoms with van der Waals surface area (Å²) in [4.78, 5) is 0.385. The fourth-order valence-corrected chi connectivity index (χ4v) is 12.7. The fraction of sp³-hybridized carbons (Fsp3) is 0.829. The Morgan fingerprint density at radius 2 is 1.55 bits per heavy atom. The van der Waals surface area contributed by atoms with E-state index in [0.29, 0.717) is 34.0 Å². The summed E-state index contributed by atoms with van der Waals surface area (Å²) in [6.07, 6.45) is 9.78. The Morgan fingerprint density at radius 1 is 0.900 bits per heavy atom. The van der Waals surface area contributed by atoms with Crippen LogP contribution in [0.15, 0.2) is 35.2 Å². The van der Waals surface area contributed by atoms with Gasteiger partial charge in [-0.3, -0.25) is 0 Å². The molecule has 11 atom stereocenters. The van der Waals surface area contributed by atoms with Gasteiger partial charge in [0.05, 0.1) is 21.9 Å². The van der Waals surface area contributed by atoms with Crippen molar-refractivity contribution in [3.05, 3.63) is 30.3 Å². The summed E-state index contributed by atoms with van der Waals surface area (Å²) in [6.45, 7) is 15.3. The lowest BCUT2D eigenvalue weighted by molar-refractivity contribution is -0.148. The van der Waals surface area contributed by atoms with Crippen LogP contribution in [0, 0.1) is 51.8 Å². The molecule has 0 spiro atoms. The monoisotopic (exact) mass is 572 g/mol. The van der Waals surface area contributed by atoms with E-state index in [1.807, 2.05) is 45.9 Å². The van der Waals surface area contributed by atoms with Crippen LogP contribution in [0.5, 0.6) is 0 Å². The van der Waals surface area contributed by atoms with Crippen LogP contribution in [0.25, 0.3) is 0 Å². The van der Waals surface area contributed by atoms with Crippen LogP contribution in [0.2, 0.25) is 0 Å². The van der Waals surface area contributed by atoms with E-state index in [1.165, 1.54) is 32.1 Å². The van der Waals surface area contributed by atoms with Gasteiger partial charge in [-0.05, 0) is 135 Å². The number of sulfone groups is 1. The molecule has 4 saturated carbocycles. The number of hydrogen-bond donors (Lipinski definition) is 2. The molecule has 1 unspecified atom stereocenters. The van der Waals surface area contributed by atoms with Crippen molar-refractivity contribution in [2.45, 2.75) is 135 Å². The van der Waals surface area contributed by atoms with Gasteiger partial charge in [-0.2, -0.15) is 0 Å². The molecule has 4 fully saturated rings. The van der Waals surface area contributed by atoms with E-state index in [9.17, 15) is 18.6 Å². The van der Waals surface area contributed by atoms with Gasteiger partial charge in [-0.25, -0.2) is 8.42 Å². The van der Waals surface area contributed by atoms with Gasteiger partial charge in [0.25, 0.3) is 0 Å². The molecule has 226 valence electrons. The first kappa shape index (κ1) is 30.5. The summed E-state index contributed by atoms with van der Waals surface area (Å²) < 4.78 is 28.4. The molecule has 4 aliphatic carbocycles. The molecule has 0 aromatic heterocycles. The fourth-order valence-electron chi connectivity index (χ4n) is 10.6. The summed E-state index contributed by atoms with van der Waals surface area (Å²) in [5.41, 5.74) is -0.415. The first-order chi connectivity index (χ1) is 18.5. The molecule has 0 aliphatic heterocycles. The Kier molecular flexibility index (Phi) is 7.92. The molecule has 5 rings (SSSR count). The van der Waals surface area contributed by atoms with Crippen molar-refractivity contribution < 1.29 is 18.6 Å². The third-order valence-electron chi connectivity index (χ3n) is 13.2. The molecular formula is C35H56O4S. The normalized spacial score (nSPS) is 42.3. The second-order valence-corrected chi connectivity index (χ2v) is 18.6. The van der Waals surface area contributed by atoms with Crippen molar-refractivity contribution in [1.29, 1.82) is 0 Å². The number of aliphatic hydroxyl groups is 2. The molecule has 4 aliphatic rings. The lowest BCUT2D eigenvalue weighted by Crippen LogP contribution is -2.56. The van der Waals surface area contributed by atoms with Crippen molar-refractivity contribution >= 4 is 9.84 Å². The predicted molar refractivity (Wildman–Crippen MR) is 162 cm³/mol. The van der Waals surface area contributed by atoms with E-state index in [4.69, 9.17) is 0 Å². The maximum atomic E-state index is 14.2. The highest BCUT2D eigenvalue weighted by molar-refractivity contribution is 7.92. The molecule has 0 amide bonds. The van der Waals surface area contributed by atoms with Gasteiger partial charge >= 0.3 is 0 Å². The van der Waals surface area contributed by atoms with Gasteiger partial charge < -0.3 is 10.2 Å². The van der Waals surface area contributed by atoms with Crippen LogP contribution in [0.1, 0.15) is 113 Å². The van der Waals surface area contributed by atoms with Gasteiger partial charge in [0, 0.05) is 0 Å². The van der Waals surface area contributed by atoms with Crippen LogP contribution in [0.3, 0.4) is 0 Å². The quantitative estimate of drug-likeness (QED) is 0.367. The largest absolute Gasteiger partial charge is 0.393 e. The highest BCUT2D eigenvalue weighted by Crippen LogP contribution is 2.69. The van der Waals surface area contributed by atoms with Crippen LogP contribution in [-0.4, -0.2) is 35.6 Å². The number of rotatable bonds is 6. The van der Waals surface area contributed by atoms with Crippen molar-refractivity contribution in [3.63, 3.8) is 0 Å². The number of hydrogen-bond acceptors (Lipinski definition) is 4. The van der Waals surface area contributed by atoms with E-state index in [-0.39, 0.29) is 23.2 Å². The third kappa shape index (κ3) is 5.12. The van der Waals surface area contributed by atoms with Gasteiger partial charge in [0.1, 0.15) is 0 Å². The first-order valence-corrected chi connectivity index (χ1v) is 17.7. The summed E-state index contributed by atoms with van der Waals surface area (Å²) in [5.74, 6) is 3.02. The highest BCUT2D eigenvalue weighted by atomic mass is 32.2. The molecule has 2 N–H and O–H groups in total. The van der Waals surface area contributed by atoms with Crippen molar-refractivity contribution in [2.75, 3.05) is 0 Å². The third-order valence-corrected chi connectivity index (χ3v) is 15.5. The summed E-state index contributed by atoms with van der Waals surface area (Å²) >= 11 is 0. The zero-order chi connectivity index (χ0) is 29.3. The molecule has 0 saturated heterocycles. The first-order valence-electron chi connectivity index (χ1n) is 16.2. The van der Waals surface area contributed by atoms with Crippen molar-refractivity contribution in [2.24, 2.45) is 51.8 Å². The lowest BCUT2D eigenvalue weighted by Gasteiger charge is -2.62. The van der Waals surface area contributed by atoms with Crippen molar-refractivity contribution in [1.82, 2.24) is 0 Å². The molecule has 40 heavy (non-hydrogen) atoms. The molecule has 4 nitrogen and oxygen atoms in total. The zero-order valence-corrected chi connectivity index (χ0v) is 27.0. The SMILES string of the molecule is C[C@H](C(C[C@H](O)C(C)(C)C)S(=O)(=O)c1ccccc1)[C@H]1CC[C@H]2[C@@H]3CC[C@H]4C[C@@](C)(O)CC[C@]4(C)[C@H]3CC[C@]12C. The molecule has 0 heterocycles. The Morgan fingerprint density at radius 3 is 2.20 bits per heavy atom. The van der Waals surface area contributed by atoms with Crippen LogP contribution < -0.4 is 0 Å². The highest BCUT2D eigenvalue weighted by Gasteiger charge is 2.62. The second-order valence-electron chi connectivity index (χ2n) is 16.5. The molecule has 1 aromatic carbocycles. The molecule has 5 heteroatoms. The number of benzene rings is 1. The van der Waals surface area contributed by atoms with Crippen LogP contribution >= 0.6 is 0 Å². The number of fused-ring (bicyclic) bond motifs is 5. The zero-order valence-electron chi connectivity index (χ0n) is 26.2. The Hall–Kier alpha value is -0.910.